The van der Waals surface area contributed by atoms with Crippen molar-refractivity contribution in [1.82, 2.24) is 0 Å². The summed E-state index contributed by atoms with van der Waals surface area (Å²) in [5, 5.41) is 3.47. The molecule has 0 aliphatic heterocycles. The molecule has 1 amide bonds. The Bertz CT molecular complexity index is 424. The molecule has 1 aliphatic rings. The first-order valence-electron chi connectivity index (χ1n) is 6.24. The van der Waals surface area contributed by atoms with Crippen molar-refractivity contribution in [2.75, 3.05) is 5.32 Å². The SMILES string of the molecule is Cc1c(NC(C)CC2CC2)cccc1C(N)=O. The molecule has 0 heterocycles. The van der Waals surface area contributed by atoms with Crippen LogP contribution in [0.25, 0.3) is 0 Å². The van der Waals surface area contributed by atoms with Crippen LogP contribution in [0.5, 0.6) is 0 Å². The lowest BCUT2D eigenvalue weighted by atomic mass is 10.0. The van der Waals surface area contributed by atoms with Gasteiger partial charge in [0.15, 0.2) is 0 Å². The number of amides is 1. The standard InChI is InChI=1S/C14H20N2O/c1-9(8-11-6-7-11)16-13-5-3-4-12(10(13)2)14(15)17/h3-5,9,11,16H,6-8H2,1-2H3,(H2,15,17). The molecule has 1 aromatic rings. The zero-order valence-corrected chi connectivity index (χ0v) is 10.5. The number of rotatable bonds is 5. The lowest BCUT2D eigenvalue weighted by molar-refractivity contribution is 0.1000. The summed E-state index contributed by atoms with van der Waals surface area (Å²) < 4.78 is 0. The van der Waals surface area contributed by atoms with Crippen LogP contribution in [-0.4, -0.2) is 11.9 Å². The minimum Gasteiger partial charge on any atom is -0.382 e. The summed E-state index contributed by atoms with van der Waals surface area (Å²) in [4.78, 5) is 11.2. The molecule has 0 spiro atoms. The smallest absolute Gasteiger partial charge is 0.249 e. The Morgan fingerprint density at radius 3 is 2.82 bits per heavy atom. The Hall–Kier alpha value is -1.51. The first kappa shape index (κ1) is 12.0. The third-order valence-corrected chi connectivity index (χ3v) is 3.38. The molecule has 1 saturated carbocycles. The normalized spacial score (nSPS) is 16.6. The number of carbonyl (C=O) groups excluding carboxylic acids is 1. The van der Waals surface area contributed by atoms with Crippen molar-refractivity contribution in [2.24, 2.45) is 11.7 Å². The van der Waals surface area contributed by atoms with Gasteiger partial charge in [-0.3, -0.25) is 4.79 Å². The molecule has 1 atom stereocenters. The Morgan fingerprint density at radius 2 is 2.24 bits per heavy atom. The highest BCUT2D eigenvalue weighted by Crippen LogP contribution is 2.34. The molecule has 0 bridgehead atoms. The van der Waals surface area contributed by atoms with E-state index in [1.807, 2.05) is 19.1 Å². The molecular formula is C14H20N2O. The predicted molar refractivity (Wildman–Crippen MR) is 70.1 cm³/mol. The molecule has 0 radical (unpaired) electrons. The van der Waals surface area contributed by atoms with E-state index >= 15 is 0 Å². The second kappa shape index (κ2) is 4.78. The van der Waals surface area contributed by atoms with Crippen molar-refractivity contribution in [2.45, 2.75) is 39.2 Å². The van der Waals surface area contributed by atoms with Crippen LogP contribution in [0.4, 0.5) is 5.69 Å². The molecule has 1 fully saturated rings. The van der Waals surface area contributed by atoms with E-state index < -0.39 is 0 Å². The van der Waals surface area contributed by atoms with Crippen LogP contribution in [0.15, 0.2) is 18.2 Å². The zero-order valence-electron chi connectivity index (χ0n) is 10.5. The van der Waals surface area contributed by atoms with Gasteiger partial charge in [0.05, 0.1) is 0 Å². The summed E-state index contributed by atoms with van der Waals surface area (Å²) in [6, 6.07) is 6.10. The van der Waals surface area contributed by atoms with E-state index in [1.54, 1.807) is 6.07 Å². The van der Waals surface area contributed by atoms with E-state index in [4.69, 9.17) is 5.73 Å². The lowest BCUT2D eigenvalue weighted by Gasteiger charge is -2.17. The third kappa shape index (κ3) is 2.99. The van der Waals surface area contributed by atoms with Gasteiger partial charge in [0.2, 0.25) is 5.91 Å². The van der Waals surface area contributed by atoms with Crippen LogP contribution in [0.1, 0.15) is 42.1 Å². The number of benzene rings is 1. The first-order valence-corrected chi connectivity index (χ1v) is 6.24. The monoisotopic (exact) mass is 232 g/mol. The van der Waals surface area contributed by atoms with Crippen LogP contribution in [0.3, 0.4) is 0 Å². The van der Waals surface area contributed by atoms with Gasteiger partial charge < -0.3 is 11.1 Å². The molecule has 1 aliphatic carbocycles. The topological polar surface area (TPSA) is 55.1 Å². The predicted octanol–water partition coefficient (Wildman–Crippen LogP) is 2.69. The molecule has 17 heavy (non-hydrogen) atoms. The van der Waals surface area contributed by atoms with Gasteiger partial charge in [0.1, 0.15) is 0 Å². The molecule has 0 saturated heterocycles. The second-order valence-electron chi connectivity index (χ2n) is 5.07. The maximum Gasteiger partial charge on any atom is 0.249 e. The molecule has 1 aromatic carbocycles. The summed E-state index contributed by atoms with van der Waals surface area (Å²) in [5.41, 5.74) is 7.91. The van der Waals surface area contributed by atoms with Crippen LogP contribution < -0.4 is 11.1 Å². The zero-order chi connectivity index (χ0) is 12.4. The molecule has 0 aromatic heterocycles. The molecule has 92 valence electrons. The van der Waals surface area contributed by atoms with Crippen molar-refractivity contribution in [3.8, 4) is 0 Å². The van der Waals surface area contributed by atoms with E-state index in [-0.39, 0.29) is 5.91 Å². The molecule has 3 heteroatoms. The highest BCUT2D eigenvalue weighted by Gasteiger charge is 2.23. The van der Waals surface area contributed by atoms with Crippen LogP contribution in [0.2, 0.25) is 0 Å². The fourth-order valence-corrected chi connectivity index (χ4v) is 2.24. The number of anilines is 1. The average molecular weight is 232 g/mol. The van der Waals surface area contributed by atoms with E-state index in [0.29, 0.717) is 11.6 Å². The molecule has 1 unspecified atom stereocenters. The van der Waals surface area contributed by atoms with Crippen molar-refractivity contribution in [3.05, 3.63) is 29.3 Å². The van der Waals surface area contributed by atoms with Gasteiger partial charge >= 0.3 is 0 Å². The third-order valence-electron chi connectivity index (χ3n) is 3.38. The Morgan fingerprint density at radius 1 is 1.53 bits per heavy atom. The first-order chi connectivity index (χ1) is 8.08. The van der Waals surface area contributed by atoms with Crippen LogP contribution >= 0.6 is 0 Å². The number of nitrogens with one attached hydrogen (secondary N) is 1. The summed E-state index contributed by atoms with van der Waals surface area (Å²) in [6.07, 6.45) is 3.94. The van der Waals surface area contributed by atoms with Crippen molar-refractivity contribution in [3.63, 3.8) is 0 Å². The van der Waals surface area contributed by atoms with Gasteiger partial charge in [0.25, 0.3) is 0 Å². The van der Waals surface area contributed by atoms with Crippen LogP contribution in [0, 0.1) is 12.8 Å². The number of nitrogens with two attached hydrogens (primary N) is 1. The quantitative estimate of drug-likeness (QED) is 0.820. The summed E-state index contributed by atoms with van der Waals surface area (Å²) in [7, 11) is 0. The number of hydrogen-bond donors (Lipinski definition) is 2. The van der Waals surface area contributed by atoms with Crippen molar-refractivity contribution < 1.29 is 4.79 Å². The van der Waals surface area contributed by atoms with Gasteiger partial charge in [-0.25, -0.2) is 0 Å². The summed E-state index contributed by atoms with van der Waals surface area (Å²) in [5.74, 6) is 0.540. The Balaban J connectivity index is 2.08. The maximum absolute atomic E-state index is 11.2. The Labute approximate surface area is 102 Å². The minimum absolute atomic E-state index is 0.360. The highest BCUT2D eigenvalue weighted by molar-refractivity contribution is 5.95. The highest BCUT2D eigenvalue weighted by atomic mass is 16.1. The molecule has 3 N–H and O–H groups in total. The van der Waals surface area contributed by atoms with Gasteiger partial charge in [-0.05, 0) is 43.9 Å². The molecule has 2 rings (SSSR count). The molecular weight excluding hydrogens is 212 g/mol. The van der Waals surface area contributed by atoms with Gasteiger partial charge in [-0.15, -0.1) is 0 Å². The summed E-state index contributed by atoms with van der Waals surface area (Å²) in [6.45, 7) is 4.13. The van der Waals surface area contributed by atoms with Gasteiger partial charge in [-0.1, -0.05) is 18.9 Å². The number of hydrogen-bond acceptors (Lipinski definition) is 2. The fraction of sp³-hybridized carbons (Fsp3) is 0.500. The fourth-order valence-electron chi connectivity index (χ4n) is 2.24. The van der Waals surface area contributed by atoms with E-state index in [0.717, 1.165) is 17.2 Å². The van der Waals surface area contributed by atoms with Crippen LogP contribution in [-0.2, 0) is 0 Å². The second-order valence-corrected chi connectivity index (χ2v) is 5.07. The Kier molecular flexibility index (Phi) is 3.36. The van der Waals surface area contributed by atoms with E-state index in [9.17, 15) is 4.79 Å². The average Bonchev–Trinajstić information content (AvgIpc) is 3.04. The van der Waals surface area contributed by atoms with Crippen molar-refractivity contribution >= 4 is 11.6 Å². The summed E-state index contributed by atoms with van der Waals surface area (Å²) >= 11 is 0. The maximum atomic E-state index is 11.2. The van der Waals surface area contributed by atoms with E-state index in [2.05, 4.69) is 12.2 Å². The minimum atomic E-state index is -0.360. The van der Waals surface area contributed by atoms with Gasteiger partial charge in [0, 0.05) is 17.3 Å². The number of carbonyl (C=O) groups is 1. The van der Waals surface area contributed by atoms with Gasteiger partial charge in [-0.2, -0.15) is 0 Å². The largest absolute Gasteiger partial charge is 0.382 e. The van der Waals surface area contributed by atoms with Crippen molar-refractivity contribution in [1.29, 1.82) is 0 Å². The molecule has 3 nitrogen and oxygen atoms in total. The van der Waals surface area contributed by atoms with E-state index in [1.165, 1.54) is 19.3 Å². The number of primary amides is 1. The lowest BCUT2D eigenvalue weighted by Crippen LogP contribution is -2.18.